The van der Waals surface area contributed by atoms with Gasteiger partial charge in [-0.3, -0.25) is 4.52 Å². The van der Waals surface area contributed by atoms with Crippen LogP contribution in [-0.2, 0) is 9.26 Å². The summed E-state index contributed by atoms with van der Waals surface area (Å²) in [7, 11) is -1.51. The molecular formula is C23H33O4P. The van der Waals surface area contributed by atoms with Crippen LogP contribution in [-0.4, -0.2) is 19.8 Å². The molecule has 28 heavy (non-hydrogen) atoms. The summed E-state index contributed by atoms with van der Waals surface area (Å²) in [4.78, 5) is 0. The lowest BCUT2D eigenvalue weighted by Crippen LogP contribution is -2.11. The van der Waals surface area contributed by atoms with Crippen molar-refractivity contribution in [1.82, 2.24) is 0 Å². The van der Waals surface area contributed by atoms with Crippen LogP contribution >= 0.6 is 8.60 Å². The van der Waals surface area contributed by atoms with Gasteiger partial charge in [0.25, 0.3) is 0 Å². The molecule has 0 fully saturated rings. The van der Waals surface area contributed by atoms with E-state index >= 15 is 0 Å². The number of ether oxygens (including phenoxy) is 1. The molecule has 2 aromatic rings. The van der Waals surface area contributed by atoms with Crippen molar-refractivity contribution in [3.05, 3.63) is 60.7 Å². The molecule has 2 aromatic carbocycles. The number of hydrogen-bond acceptors (Lipinski definition) is 4. The van der Waals surface area contributed by atoms with Gasteiger partial charge in [-0.1, -0.05) is 69.5 Å². The molecule has 0 N–H and O–H groups in total. The Morgan fingerprint density at radius 1 is 0.786 bits per heavy atom. The predicted molar refractivity (Wildman–Crippen MR) is 116 cm³/mol. The van der Waals surface area contributed by atoms with Crippen LogP contribution in [0.4, 0.5) is 0 Å². The Kier molecular flexibility index (Phi) is 11.7. The lowest BCUT2D eigenvalue weighted by molar-refractivity contribution is 0.0833. The van der Waals surface area contributed by atoms with Crippen LogP contribution in [0.15, 0.2) is 60.7 Å². The van der Waals surface area contributed by atoms with E-state index in [4.69, 9.17) is 18.3 Å². The minimum absolute atomic E-state index is 0.539. The summed E-state index contributed by atoms with van der Waals surface area (Å²) in [6.45, 7) is 6.55. The second-order valence-electron chi connectivity index (χ2n) is 6.71. The fourth-order valence-corrected chi connectivity index (χ4v) is 3.66. The van der Waals surface area contributed by atoms with Gasteiger partial charge in [-0.05, 0) is 43.0 Å². The Bertz CT molecular complexity index is 567. The molecule has 154 valence electrons. The molecular weight excluding hydrogens is 371 g/mol. The highest BCUT2D eigenvalue weighted by atomic mass is 31.2. The molecule has 0 bridgehead atoms. The zero-order chi connectivity index (χ0) is 19.9. The normalized spacial score (nSPS) is 12.1. The molecule has 0 amide bonds. The Balaban J connectivity index is 1.72. The van der Waals surface area contributed by atoms with Gasteiger partial charge in [0.1, 0.15) is 11.5 Å². The summed E-state index contributed by atoms with van der Waals surface area (Å²) in [5, 5.41) is 0. The molecule has 0 spiro atoms. The molecule has 0 aliphatic heterocycles. The van der Waals surface area contributed by atoms with Crippen LogP contribution in [0.1, 0.15) is 46.0 Å². The second-order valence-corrected chi connectivity index (χ2v) is 7.78. The highest BCUT2D eigenvalue weighted by Crippen LogP contribution is 2.41. The quantitative estimate of drug-likeness (QED) is 0.236. The van der Waals surface area contributed by atoms with Crippen molar-refractivity contribution in [3.8, 4) is 11.5 Å². The van der Waals surface area contributed by atoms with Gasteiger partial charge in [0, 0.05) is 13.2 Å². The van der Waals surface area contributed by atoms with Gasteiger partial charge in [0.2, 0.25) is 0 Å². The molecule has 1 atom stereocenters. The SMILES string of the molecule is CCCCC(CC)COCCCOP(Oc1ccccc1)Oc1ccccc1. The van der Waals surface area contributed by atoms with E-state index in [0.717, 1.165) is 24.5 Å². The van der Waals surface area contributed by atoms with Crippen LogP contribution in [0, 0.1) is 5.92 Å². The van der Waals surface area contributed by atoms with E-state index < -0.39 is 8.60 Å². The molecule has 4 nitrogen and oxygen atoms in total. The third-order valence-electron chi connectivity index (χ3n) is 4.37. The molecule has 0 saturated heterocycles. The maximum atomic E-state index is 5.90. The molecule has 0 aliphatic rings. The average Bonchev–Trinajstić information content (AvgIpc) is 2.74. The highest BCUT2D eigenvalue weighted by molar-refractivity contribution is 7.42. The average molecular weight is 404 g/mol. The monoisotopic (exact) mass is 404 g/mol. The first-order valence-electron chi connectivity index (χ1n) is 10.3. The van der Waals surface area contributed by atoms with E-state index in [2.05, 4.69) is 13.8 Å². The van der Waals surface area contributed by atoms with E-state index in [0.29, 0.717) is 19.1 Å². The Hall–Kier alpha value is -1.61. The van der Waals surface area contributed by atoms with Crippen LogP contribution in [0.25, 0.3) is 0 Å². The first-order chi connectivity index (χ1) is 13.8. The number of benzene rings is 2. The smallest absolute Gasteiger partial charge is 0.418 e. The van der Waals surface area contributed by atoms with Crippen molar-refractivity contribution in [1.29, 1.82) is 0 Å². The van der Waals surface area contributed by atoms with Gasteiger partial charge in [-0.25, -0.2) is 0 Å². The van der Waals surface area contributed by atoms with E-state index in [9.17, 15) is 0 Å². The number of para-hydroxylation sites is 2. The second kappa shape index (κ2) is 14.4. The molecule has 0 aliphatic carbocycles. The molecule has 0 saturated carbocycles. The highest BCUT2D eigenvalue weighted by Gasteiger charge is 2.17. The summed E-state index contributed by atoms with van der Waals surface area (Å²) in [6.07, 6.45) is 5.78. The maximum Gasteiger partial charge on any atom is 0.463 e. The van der Waals surface area contributed by atoms with Crippen molar-refractivity contribution in [2.45, 2.75) is 46.0 Å². The fourth-order valence-electron chi connectivity index (χ4n) is 2.65. The minimum Gasteiger partial charge on any atom is -0.418 e. The largest absolute Gasteiger partial charge is 0.463 e. The number of hydrogen-bond donors (Lipinski definition) is 0. The molecule has 2 rings (SSSR count). The molecule has 0 aromatic heterocycles. The van der Waals surface area contributed by atoms with Gasteiger partial charge in [0.15, 0.2) is 0 Å². The van der Waals surface area contributed by atoms with Crippen LogP contribution in [0.3, 0.4) is 0 Å². The standard InChI is InChI=1S/C23H33O4P/c1-3-5-13-21(4-2)20-24-18-12-19-25-28(26-22-14-8-6-9-15-22)27-23-16-10-7-11-17-23/h6-11,14-17,21H,3-5,12-13,18-20H2,1-2H3. The van der Waals surface area contributed by atoms with Gasteiger partial charge in [-0.2, -0.15) is 0 Å². The summed E-state index contributed by atoms with van der Waals surface area (Å²) in [5.74, 6) is 2.14. The van der Waals surface area contributed by atoms with Gasteiger partial charge < -0.3 is 13.8 Å². The molecule has 5 heteroatoms. The first-order valence-corrected chi connectivity index (χ1v) is 11.4. The first kappa shape index (κ1) is 22.7. The summed E-state index contributed by atoms with van der Waals surface area (Å²) in [5.41, 5.74) is 0. The molecule has 0 heterocycles. The van der Waals surface area contributed by atoms with Crippen molar-refractivity contribution >= 4 is 8.60 Å². The Morgan fingerprint density at radius 2 is 1.39 bits per heavy atom. The third kappa shape index (κ3) is 9.54. The zero-order valence-electron chi connectivity index (χ0n) is 17.1. The van der Waals surface area contributed by atoms with Crippen LogP contribution in [0.2, 0.25) is 0 Å². The van der Waals surface area contributed by atoms with E-state index in [1.165, 1.54) is 25.7 Å². The maximum absolute atomic E-state index is 5.90. The van der Waals surface area contributed by atoms with Crippen molar-refractivity contribution in [2.75, 3.05) is 19.8 Å². The number of unbranched alkanes of at least 4 members (excludes halogenated alkanes) is 1. The fraction of sp³-hybridized carbons (Fsp3) is 0.478. The van der Waals surface area contributed by atoms with Crippen molar-refractivity contribution < 1.29 is 18.3 Å². The number of rotatable bonds is 15. The van der Waals surface area contributed by atoms with Gasteiger partial charge in [0.05, 0.1) is 6.61 Å². The molecule has 1 unspecified atom stereocenters. The van der Waals surface area contributed by atoms with Gasteiger partial charge in [-0.15, -0.1) is 0 Å². The van der Waals surface area contributed by atoms with Gasteiger partial charge >= 0.3 is 8.60 Å². The zero-order valence-corrected chi connectivity index (χ0v) is 18.0. The lowest BCUT2D eigenvalue weighted by atomic mass is 10.0. The Labute approximate surface area is 171 Å². The predicted octanol–water partition coefficient (Wildman–Crippen LogP) is 7.01. The van der Waals surface area contributed by atoms with Crippen LogP contribution in [0.5, 0.6) is 11.5 Å². The van der Waals surface area contributed by atoms with E-state index in [1.807, 2.05) is 60.7 Å². The lowest BCUT2D eigenvalue weighted by Gasteiger charge is -2.18. The summed E-state index contributed by atoms with van der Waals surface area (Å²) >= 11 is 0. The topological polar surface area (TPSA) is 36.9 Å². The third-order valence-corrected chi connectivity index (χ3v) is 5.49. The van der Waals surface area contributed by atoms with Crippen molar-refractivity contribution in [3.63, 3.8) is 0 Å². The van der Waals surface area contributed by atoms with Crippen LogP contribution < -0.4 is 9.05 Å². The summed E-state index contributed by atoms with van der Waals surface area (Å²) < 4.78 is 23.5. The minimum atomic E-state index is -1.51. The Morgan fingerprint density at radius 3 is 1.93 bits per heavy atom. The van der Waals surface area contributed by atoms with Crippen molar-refractivity contribution in [2.24, 2.45) is 5.92 Å². The van der Waals surface area contributed by atoms with E-state index in [1.54, 1.807) is 0 Å². The molecule has 0 radical (unpaired) electrons. The van der Waals surface area contributed by atoms with E-state index in [-0.39, 0.29) is 0 Å². The summed E-state index contributed by atoms with van der Waals surface area (Å²) in [6, 6.07) is 19.2.